The highest BCUT2D eigenvalue weighted by atomic mass is 16.4. The van der Waals surface area contributed by atoms with Crippen LogP contribution in [0.1, 0.15) is 33.1 Å². The molecule has 0 aromatic rings. The molecule has 1 N–H and O–H groups in total. The molecule has 2 bridgehead atoms. The summed E-state index contributed by atoms with van der Waals surface area (Å²) in [6.07, 6.45) is 1.91. The van der Waals surface area contributed by atoms with Crippen LogP contribution >= 0.6 is 0 Å². The number of Topliss-reactive ketones (excluding diaryl/α,β-unsaturated/α-hetero) is 1. The van der Waals surface area contributed by atoms with Gasteiger partial charge in [-0.3, -0.25) is 9.59 Å². The van der Waals surface area contributed by atoms with Gasteiger partial charge >= 0.3 is 5.97 Å². The Morgan fingerprint density at radius 2 is 2.15 bits per heavy atom. The summed E-state index contributed by atoms with van der Waals surface area (Å²) in [5.41, 5.74) is -1.40. The Kier molecular flexibility index (Phi) is 1.44. The van der Waals surface area contributed by atoms with E-state index in [1.165, 1.54) is 0 Å². The van der Waals surface area contributed by atoms with Gasteiger partial charge < -0.3 is 5.11 Å². The zero-order chi connectivity index (χ0) is 9.85. The lowest BCUT2D eigenvalue weighted by Gasteiger charge is -2.31. The SMILES string of the molecule is CC1(C)[C@H]2CC[C@@]1(C(=O)O)C(=O)C2. The molecule has 3 heteroatoms. The number of ketones is 1. The summed E-state index contributed by atoms with van der Waals surface area (Å²) >= 11 is 0. The molecule has 13 heavy (non-hydrogen) atoms. The first-order valence-corrected chi connectivity index (χ1v) is 4.69. The fourth-order valence-corrected chi connectivity index (χ4v) is 3.18. The highest BCUT2D eigenvalue weighted by molar-refractivity contribution is 6.06. The van der Waals surface area contributed by atoms with Gasteiger partial charge in [-0.05, 0) is 24.2 Å². The number of rotatable bonds is 1. The number of carbonyl (C=O) groups is 2. The Bertz CT molecular complexity index is 293. The number of hydrogen-bond acceptors (Lipinski definition) is 2. The van der Waals surface area contributed by atoms with Crippen molar-refractivity contribution < 1.29 is 14.7 Å². The van der Waals surface area contributed by atoms with Crippen LogP contribution in [0.15, 0.2) is 0 Å². The van der Waals surface area contributed by atoms with Crippen LogP contribution in [-0.4, -0.2) is 16.9 Å². The van der Waals surface area contributed by atoms with Crippen LogP contribution in [0.4, 0.5) is 0 Å². The van der Waals surface area contributed by atoms with Crippen molar-refractivity contribution in [1.29, 1.82) is 0 Å². The van der Waals surface area contributed by atoms with E-state index in [1.807, 2.05) is 13.8 Å². The summed E-state index contributed by atoms with van der Waals surface area (Å²) < 4.78 is 0. The molecule has 2 rings (SSSR count). The van der Waals surface area contributed by atoms with Crippen molar-refractivity contribution in [3.05, 3.63) is 0 Å². The van der Waals surface area contributed by atoms with Gasteiger partial charge in [-0.2, -0.15) is 0 Å². The summed E-state index contributed by atoms with van der Waals surface area (Å²) in [6, 6.07) is 0. The summed E-state index contributed by atoms with van der Waals surface area (Å²) in [6.45, 7) is 3.84. The van der Waals surface area contributed by atoms with Gasteiger partial charge in [0.25, 0.3) is 0 Å². The second kappa shape index (κ2) is 2.14. The molecule has 2 saturated carbocycles. The Balaban J connectivity index is 2.55. The molecule has 0 saturated heterocycles. The topological polar surface area (TPSA) is 54.4 Å². The first kappa shape index (κ1) is 8.73. The normalized spacial score (nSPS) is 41.1. The predicted molar refractivity (Wildman–Crippen MR) is 46.2 cm³/mol. The predicted octanol–water partition coefficient (Wildman–Crippen LogP) is 1.47. The molecule has 0 unspecified atom stereocenters. The molecule has 2 aliphatic rings. The molecule has 0 aromatic carbocycles. The molecule has 0 spiro atoms. The minimum absolute atomic E-state index is 0.0544. The van der Waals surface area contributed by atoms with Crippen LogP contribution in [0.5, 0.6) is 0 Å². The van der Waals surface area contributed by atoms with Gasteiger partial charge in [0, 0.05) is 6.42 Å². The van der Waals surface area contributed by atoms with Crippen molar-refractivity contribution in [2.24, 2.45) is 16.7 Å². The Labute approximate surface area is 77.1 Å². The van der Waals surface area contributed by atoms with Gasteiger partial charge in [0.2, 0.25) is 0 Å². The number of aliphatic carboxylic acids is 1. The number of carbonyl (C=O) groups excluding carboxylic acids is 1. The van der Waals surface area contributed by atoms with E-state index in [-0.39, 0.29) is 17.1 Å². The van der Waals surface area contributed by atoms with E-state index in [0.717, 1.165) is 6.42 Å². The van der Waals surface area contributed by atoms with Crippen molar-refractivity contribution >= 4 is 11.8 Å². The second-order valence-corrected chi connectivity index (χ2v) is 4.80. The van der Waals surface area contributed by atoms with Crippen LogP contribution < -0.4 is 0 Å². The van der Waals surface area contributed by atoms with E-state index in [0.29, 0.717) is 12.8 Å². The van der Waals surface area contributed by atoms with Gasteiger partial charge in [-0.25, -0.2) is 0 Å². The Morgan fingerprint density at radius 1 is 1.54 bits per heavy atom. The van der Waals surface area contributed by atoms with Crippen molar-refractivity contribution in [2.45, 2.75) is 33.1 Å². The van der Waals surface area contributed by atoms with Gasteiger partial charge in [0.1, 0.15) is 5.41 Å². The van der Waals surface area contributed by atoms with Crippen LogP contribution in [0, 0.1) is 16.7 Å². The van der Waals surface area contributed by atoms with Crippen molar-refractivity contribution in [2.75, 3.05) is 0 Å². The Hall–Kier alpha value is -0.860. The summed E-state index contributed by atoms with van der Waals surface area (Å²) in [4.78, 5) is 22.8. The molecular weight excluding hydrogens is 168 g/mol. The van der Waals surface area contributed by atoms with Crippen LogP contribution in [-0.2, 0) is 9.59 Å². The first-order valence-electron chi connectivity index (χ1n) is 4.69. The van der Waals surface area contributed by atoms with E-state index in [1.54, 1.807) is 0 Å². The fourth-order valence-electron chi connectivity index (χ4n) is 3.18. The zero-order valence-electron chi connectivity index (χ0n) is 7.96. The molecule has 0 radical (unpaired) electrons. The van der Waals surface area contributed by atoms with Gasteiger partial charge in [-0.1, -0.05) is 13.8 Å². The third-order valence-corrected chi connectivity index (χ3v) is 4.26. The lowest BCUT2D eigenvalue weighted by Crippen LogP contribution is -2.43. The standard InChI is InChI=1S/C10H14O3/c1-9(2)6-3-4-10(9,8(12)13)7(11)5-6/h6H,3-5H2,1-2H3,(H,12,13)/t6-,10-/m0/s1. The van der Waals surface area contributed by atoms with Crippen molar-refractivity contribution in [1.82, 2.24) is 0 Å². The first-order chi connectivity index (χ1) is 5.93. The van der Waals surface area contributed by atoms with Crippen LogP contribution in [0.3, 0.4) is 0 Å². The van der Waals surface area contributed by atoms with Gasteiger partial charge in [0.05, 0.1) is 0 Å². The molecule has 0 heterocycles. The maximum atomic E-state index is 11.6. The summed E-state index contributed by atoms with van der Waals surface area (Å²) in [5, 5.41) is 9.18. The third kappa shape index (κ3) is 0.713. The van der Waals surface area contributed by atoms with E-state index in [4.69, 9.17) is 0 Å². The monoisotopic (exact) mass is 182 g/mol. The maximum absolute atomic E-state index is 11.6. The number of hydrogen-bond donors (Lipinski definition) is 1. The van der Waals surface area contributed by atoms with Crippen LogP contribution in [0.25, 0.3) is 0 Å². The average molecular weight is 182 g/mol. The van der Waals surface area contributed by atoms with E-state index < -0.39 is 11.4 Å². The minimum Gasteiger partial charge on any atom is -0.480 e. The quantitative estimate of drug-likeness (QED) is 0.625. The van der Waals surface area contributed by atoms with Gasteiger partial charge in [-0.15, -0.1) is 0 Å². The highest BCUT2D eigenvalue weighted by Gasteiger charge is 2.68. The highest BCUT2D eigenvalue weighted by Crippen LogP contribution is 2.63. The Morgan fingerprint density at radius 3 is 2.38 bits per heavy atom. The molecule has 0 amide bonds. The summed E-state index contributed by atoms with van der Waals surface area (Å²) in [5.74, 6) is -0.681. The largest absolute Gasteiger partial charge is 0.480 e. The number of carboxylic acid groups (broad SMARTS) is 1. The average Bonchev–Trinajstić information content (AvgIpc) is 2.35. The van der Waals surface area contributed by atoms with E-state index in [9.17, 15) is 14.7 Å². The molecule has 0 aromatic heterocycles. The minimum atomic E-state index is -1.06. The molecule has 2 atom stereocenters. The lowest BCUT2D eigenvalue weighted by molar-refractivity contribution is -0.158. The molecule has 72 valence electrons. The molecular formula is C10H14O3. The number of fused-ring (bicyclic) bond motifs is 2. The fraction of sp³-hybridized carbons (Fsp3) is 0.800. The summed E-state index contributed by atoms with van der Waals surface area (Å²) in [7, 11) is 0. The van der Waals surface area contributed by atoms with Gasteiger partial charge in [0.15, 0.2) is 5.78 Å². The van der Waals surface area contributed by atoms with Crippen LogP contribution in [0.2, 0.25) is 0 Å². The smallest absolute Gasteiger partial charge is 0.317 e. The van der Waals surface area contributed by atoms with Crippen molar-refractivity contribution in [3.8, 4) is 0 Å². The zero-order valence-corrected chi connectivity index (χ0v) is 7.96. The molecule has 0 aliphatic heterocycles. The number of carboxylic acids is 1. The second-order valence-electron chi connectivity index (χ2n) is 4.80. The maximum Gasteiger partial charge on any atom is 0.317 e. The molecule has 3 nitrogen and oxygen atoms in total. The lowest BCUT2D eigenvalue weighted by atomic mass is 9.69. The van der Waals surface area contributed by atoms with Crippen molar-refractivity contribution in [3.63, 3.8) is 0 Å². The molecule has 2 fully saturated rings. The van der Waals surface area contributed by atoms with E-state index in [2.05, 4.69) is 0 Å². The van der Waals surface area contributed by atoms with E-state index >= 15 is 0 Å². The molecule has 2 aliphatic carbocycles. The third-order valence-electron chi connectivity index (χ3n) is 4.26.